The molecular weight excluding hydrogens is 364 g/mol. The summed E-state index contributed by atoms with van der Waals surface area (Å²) in [7, 11) is 0. The molecule has 1 heterocycles. The summed E-state index contributed by atoms with van der Waals surface area (Å²) in [6.45, 7) is 2.26. The second-order valence-corrected chi connectivity index (χ2v) is 6.05. The average Bonchev–Trinajstić information content (AvgIpc) is 2.68. The molecule has 0 saturated carbocycles. The van der Waals surface area contributed by atoms with Crippen molar-refractivity contribution in [3.8, 4) is 17.2 Å². The Bertz CT molecular complexity index is 1020. The van der Waals surface area contributed by atoms with Crippen molar-refractivity contribution in [2.24, 2.45) is 0 Å². The van der Waals surface area contributed by atoms with Crippen LogP contribution >= 0.6 is 0 Å². The standard InChI is InChI=1S/C20H18N2O6/c1-2-3-10-27-20(24)18-19(23)17-9-8-16(11-13(17)12-21-18)28-15-6-4-14(5-7-15)22(25)26/h4-9,11-12,23H,2-3,10H2,1H3. The first-order chi connectivity index (χ1) is 13.5. The summed E-state index contributed by atoms with van der Waals surface area (Å²) < 4.78 is 10.8. The molecule has 0 bridgehead atoms. The number of fused-ring (bicyclic) bond motifs is 1. The van der Waals surface area contributed by atoms with E-state index >= 15 is 0 Å². The predicted octanol–water partition coefficient (Wildman–Crippen LogP) is 4.60. The van der Waals surface area contributed by atoms with Gasteiger partial charge in [0.05, 0.1) is 11.5 Å². The van der Waals surface area contributed by atoms with E-state index < -0.39 is 10.9 Å². The number of esters is 1. The normalized spacial score (nSPS) is 10.6. The maximum Gasteiger partial charge on any atom is 0.360 e. The Morgan fingerprint density at radius 3 is 2.57 bits per heavy atom. The van der Waals surface area contributed by atoms with Crippen molar-refractivity contribution in [3.05, 3.63) is 64.5 Å². The van der Waals surface area contributed by atoms with Crippen LogP contribution < -0.4 is 4.74 Å². The molecule has 28 heavy (non-hydrogen) atoms. The number of nitro benzene ring substituents is 1. The first-order valence-electron chi connectivity index (χ1n) is 8.70. The van der Waals surface area contributed by atoms with E-state index in [9.17, 15) is 20.0 Å². The van der Waals surface area contributed by atoms with Gasteiger partial charge < -0.3 is 14.6 Å². The highest BCUT2D eigenvalue weighted by atomic mass is 16.6. The molecule has 2 aromatic carbocycles. The molecule has 3 aromatic rings. The summed E-state index contributed by atoms with van der Waals surface area (Å²) in [5.41, 5.74) is -0.161. The van der Waals surface area contributed by atoms with Gasteiger partial charge in [-0.25, -0.2) is 9.78 Å². The minimum absolute atomic E-state index is 0.0293. The molecule has 0 saturated heterocycles. The maximum atomic E-state index is 12.1. The van der Waals surface area contributed by atoms with Crippen LogP contribution in [0, 0.1) is 10.1 Å². The summed E-state index contributed by atoms with van der Waals surface area (Å²) in [5.74, 6) is -0.0287. The highest BCUT2D eigenvalue weighted by molar-refractivity contribution is 5.99. The molecular formula is C20H18N2O6. The second-order valence-electron chi connectivity index (χ2n) is 6.05. The number of nitro groups is 1. The summed E-state index contributed by atoms with van der Waals surface area (Å²) >= 11 is 0. The van der Waals surface area contributed by atoms with E-state index in [4.69, 9.17) is 9.47 Å². The number of pyridine rings is 1. The van der Waals surface area contributed by atoms with Gasteiger partial charge in [0.2, 0.25) is 0 Å². The number of nitrogens with zero attached hydrogens (tertiary/aromatic N) is 2. The molecule has 0 aliphatic carbocycles. The van der Waals surface area contributed by atoms with Crippen molar-refractivity contribution >= 4 is 22.4 Å². The lowest BCUT2D eigenvalue weighted by Gasteiger charge is -2.09. The molecule has 0 aliphatic rings. The summed E-state index contributed by atoms with van der Waals surface area (Å²) in [6, 6.07) is 10.6. The number of ether oxygens (including phenoxy) is 2. The minimum Gasteiger partial charge on any atom is -0.505 e. The zero-order valence-corrected chi connectivity index (χ0v) is 15.1. The first kappa shape index (κ1) is 19.1. The molecule has 0 spiro atoms. The Kier molecular flexibility index (Phi) is 5.69. The number of non-ortho nitro benzene ring substituents is 1. The van der Waals surface area contributed by atoms with E-state index in [1.807, 2.05) is 6.92 Å². The van der Waals surface area contributed by atoms with Gasteiger partial charge in [-0.15, -0.1) is 0 Å². The van der Waals surface area contributed by atoms with Gasteiger partial charge in [0.15, 0.2) is 11.4 Å². The number of aromatic nitrogens is 1. The number of hydrogen-bond donors (Lipinski definition) is 1. The molecule has 144 valence electrons. The summed E-state index contributed by atoms with van der Waals surface area (Å²) in [4.78, 5) is 26.3. The molecule has 1 aromatic heterocycles. The van der Waals surface area contributed by atoms with Crippen molar-refractivity contribution < 1.29 is 24.3 Å². The molecule has 0 unspecified atom stereocenters. The van der Waals surface area contributed by atoms with Crippen LogP contribution in [0.1, 0.15) is 30.3 Å². The van der Waals surface area contributed by atoms with Crippen LogP contribution in [-0.4, -0.2) is 27.6 Å². The Morgan fingerprint density at radius 1 is 1.18 bits per heavy atom. The largest absolute Gasteiger partial charge is 0.505 e. The number of carbonyl (C=O) groups excluding carboxylic acids is 1. The van der Waals surface area contributed by atoms with Crippen LogP contribution in [0.5, 0.6) is 17.2 Å². The quantitative estimate of drug-likeness (QED) is 0.275. The molecule has 0 aliphatic heterocycles. The molecule has 0 atom stereocenters. The van der Waals surface area contributed by atoms with Crippen molar-refractivity contribution in [1.29, 1.82) is 0 Å². The van der Waals surface area contributed by atoms with Gasteiger partial charge in [-0.1, -0.05) is 13.3 Å². The van der Waals surface area contributed by atoms with Gasteiger partial charge >= 0.3 is 5.97 Å². The molecule has 3 rings (SSSR count). The van der Waals surface area contributed by atoms with Crippen LogP contribution in [-0.2, 0) is 4.74 Å². The Balaban J connectivity index is 1.81. The molecule has 1 N–H and O–H groups in total. The van der Waals surface area contributed by atoms with Gasteiger partial charge in [-0.05, 0) is 36.8 Å². The third-order valence-electron chi connectivity index (χ3n) is 4.04. The van der Waals surface area contributed by atoms with Gasteiger partial charge in [-0.2, -0.15) is 0 Å². The highest BCUT2D eigenvalue weighted by Gasteiger charge is 2.17. The number of rotatable bonds is 7. The lowest BCUT2D eigenvalue weighted by atomic mass is 10.1. The lowest BCUT2D eigenvalue weighted by molar-refractivity contribution is -0.384. The van der Waals surface area contributed by atoms with Crippen LogP contribution in [0.3, 0.4) is 0 Å². The monoisotopic (exact) mass is 382 g/mol. The zero-order chi connectivity index (χ0) is 20.1. The first-order valence-corrected chi connectivity index (χ1v) is 8.70. The third kappa shape index (κ3) is 4.17. The van der Waals surface area contributed by atoms with E-state index in [-0.39, 0.29) is 23.7 Å². The van der Waals surface area contributed by atoms with Gasteiger partial charge in [0.1, 0.15) is 11.5 Å². The lowest BCUT2D eigenvalue weighted by Crippen LogP contribution is -2.08. The molecule has 0 amide bonds. The average molecular weight is 382 g/mol. The maximum absolute atomic E-state index is 12.1. The smallest absolute Gasteiger partial charge is 0.360 e. The molecule has 0 fully saturated rings. The van der Waals surface area contributed by atoms with E-state index in [0.717, 1.165) is 12.8 Å². The van der Waals surface area contributed by atoms with E-state index in [0.29, 0.717) is 22.3 Å². The van der Waals surface area contributed by atoms with Gasteiger partial charge in [0, 0.05) is 29.1 Å². The zero-order valence-electron chi connectivity index (χ0n) is 15.1. The fourth-order valence-corrected chi connectivity index (χ4v) is 2.55. The Labute approximate surface area is 160 Å². The third-order valence-corrected chi connectivity index (χ3v) is 4.04. The predicted molar refractivity (Wildman–Crippen MR) is 102 cm³/mol. The van der Waals surface area contributed by atoms with E-state index in [1.54, 1.807) is 18.2 Å². The number of aromatic hydroxyl groups is 1. The topological polar surface area (TPSA) is 112 Å². The molecule has 0 radical (unpaired) electrons. The number of carbonyl (C=O) groups is 1. The van der Waals surface area contributed by atoms with Crippen molar-refractivity contribution in [3.63, 3.8) is 0 Å². The highest BCUT2D eigenvalue weighted by Crippen LogP contribution is 2.32. The minimum atomic E-state index is -0.668. The van der Waals surface area contributed by atoms with Crippen molar-refractivity contribution in [2.45, 2.75) is 19.8 Å². The SMILES string of the molecule is CCCCOC(=O)c1ncc2cc(Oc3ccc([N+](=O)[O-])cc3)ccc2c1O. The number of benzene rings is 2. The van der Waals surface area contributed by atoms with E-state index in [1.165, 1.54) is 30.5 Å². The second kappa shape index (κ2) is 8.34. The van der Waals surface area contributed by atoms with Crippen LogP contribution in [0.4, 0.5) is 5.69 Å². The number of unbranched alkanes of at least 4 members (excludes halogenated alkanes) is 1. The summed E-state index contributed by atoms with van der Waals surface area (Å²) in [5, 5.41) is 22.1. The summed E-state index contributed by atoms with van der Waals surface area (Å²) in [6.07, 6.45) is 3.08. The Morgan fingerprint density at radius 2 is 1.89 bits per heavy atom. The van der Waals surface area contributed by atoms with Gasteiger partial charge in [-0.3, -0.25) is 10.1 Å². The van der Waals surface area contributed by atoms with Crippen molar-refractivity contribution in [2.75, 3.05) is 6.61 Å². The molecule has 8 heteroatoms. The van der Waals surface area contributed by atoms with Gasteiger partial charge in [0.25, 0.3) is 5.69 Å². The molecule has 8 nitrogen and oxygen atoms in total. The van der Waals surface area contributed by atoms with Crippen LogP contribution in [0.15, 0.2) is 48.7 Å². The fraction of sp³-hybridized carbons (Fsp3) is 0.200. The van der Waals surface area contributed by atoms with Crippen LogP contribution in [0.25, 0.3) is 10.8 Å². The van der Waals surface area contributed by atoms with Crippen LogP contribution in [0.2, 0.25) is 0 Å². The van der Waals surface area contributed by atoms with Crippen molar-refractivity contribution in [1.82, 2.24) is 4.98 Å². The fourth-order valence-electron chi connectivity index (χ4n) is 2.55. The van der Waals surface area contributed by atoms with E-state index in [2.05, 4.69) is 4.98 Å². The Hall–Kier alpha value is -3.68. The number of hydrogen-bond acceptors (Lipinski definition) is 7.